The van der Waals surface area contributed by atoms with Crippen LogP contribution in [0.2, 0.25) is 0 Å². The van der Waals surface area contributed by atoms with Gasteiger partial charge in [0.1, 0.15) is 6.04 Å². The highest BCUT2D eigenvalue weighted by molar-refractivity contribution is 5.94. The number of benzene rings is 2. The molecule has 3 rings (SSSR count). The van der Waals surface area contributed by atoms with Crippen molar-refractivity contribution in [3.8, 4) is 0 Å². The van der Waals surface area contributed by atoms with Crippen LogP contribution in [-0.4, -0.2) is 28.2 Å². The lowest BCUT2D eigenvalue weighted by atomic mass is 9.82. The minimum Gasteiger partial charge on any atom is -0.392 e. The predicted octanol–water partition coefficient (Wildman–Crippen LogP) is 3.83. The fourth-order valence-corrected chi connectivity index (χ4v) is 3.91. The molecule has 33 heavy (non-hydrogen) atoms. The first-order valence-corrected chi connectivity index (χ1v) is 10.9. The van der Waals surface area contributed by atoms with Crippen molar-refractivity contribution in [3.63, 3.8) is 0 Å². The summed E-state index contributed by atoms with van der Waals surface area (Å²) in [7, 11) is 1.65. The van der Waals surface area contributed by atoms with E-state index in [4.69, 9.17) is 0 Å². The van der Waals surface area contributed by atoms with Gasteiger partial charge < -0.3 is 15.0 Å². The van der Waals surface area contributed by atoms with E-state index in [2.05, 4.69) is 10.5 Å². The summed E-state index contributed by atoms with van der Waals surface area (Å²) < 4.78 is 1.44. The summed E-state index contributed by atoms with van der Waals surface area (Å²) >= 11 is 0. The van der Waals surface area contributed by atoms with Crippen LogP contribution in [0.5, 0.6) is 0 Å². The maximum Gasteiger partial charge on any atom is 0.251 e. The summed E-state index contributed by atoms with van der Waals surface area (Å²) in [5.74, 6) is -0.395. The Balaban J connectivity index is 1.94. The molecule has 0 saturated heterocycles. The van der Waals surface area contributed by atoms with Crippen molar-refractivity contribution in [2.45, 2.75) is 38.3 Å². The Morgan fingerprint density at radius 2 is 1.73 bits per heavy atom. The number of aromatic nitrogens is 1. The van der Waals surface area contributed by atoms with E-state index in [9.17, 15) is 19.6 Å². The molecule has 172 valence electrons. The zero-order chi connectivity index (χ0) is 24.0. The van der Waals surface area contributed by atoms with E-state index >= 15 is 0 Å². The number of amides is 1. The number of aryl methyl sites for hydroxylation is 2. The second-order valence-corrected chi connectivity index (χ2v) is 8.36. The summed E-state index contributed by atoms with van der Waals surface area (Å²) in [6.07, 6.45) is 1.45. The quantitative estimate of drug-likeness (QED) is 0.487. The van der Waals surface area contributed by atoms with Gasteiger partial charge in [-0.2, -0.15) is 4.91 Å². The Kier molecular flexibility index (Phi) is 7.90. The highest BCUT2D eigenvalue weighted by Crippen LogP contribution is 2.37. The van der Waals surface area contributed by atoms with Crippen LogP contribution in [0.3, 0.4) is 0 Å². The largest absolute Gasteiger partial charge is 0.392 e. The smallest absolute Gasteiger partial charge is 0.251 e. The van der Waals surface area contributed by atoms with Crippen LogP contribution in [0, 0.1) is 11.8 Å². The van der Waals surface area contributed by atoms with Crippen LogP contribution in [-0.2, 0) is 7.05 Å². The lowest BCUT2D eigenvalue weighted by molar-refractivity contribution is 0.0924. The molecule has 0 aliphatic rings. The first-order chi connectivity index (χ1) is 15.8. The highest BCUT2D eigenvalue weighted by Gasteiger charge is 2.24. The third kappa shape index (κ3) is 6.02. The van der Waals surface area contributed by atoms with Gasteiger partial charge in [-0.05, 0) is 60.7 Å². The van der Waals surface area contributed by atoms with Gasteiger partial charge in [-0.1, -0.05) is 41.6 Å². The molecule has 7 heteroatoms. The molecular weight excluding hydrogens is 418 g/mol. The average molecular weight is 448 g/mol. The van der Waals surface area contributed by atoms with Gasteiger partial charge in [0.2, 0.25) is 5.56 Å². The van der Waals surface area contributed by atoms with Crippen molar-refractivity contribution in [2.24, 2.45) is 12.2 Å². The van der Waals surface area contributed by atoms with Crippen molar-refractivity contribution in [3.05, 3.63) is 110 Å². The van der Waals surface area contributed by atoms with Gasteiger partial charge in [0.05, 0.1) is 6.10 Å². The molecule has 0 aliphatic carbocycles. The molecule has 0 fully saturated rings. The highest BCUT2D eigenvalue weighted by atomic mass is 16.3. The van der Waals surface area contributed by atoms with Gasteiger partial charge in [-0.25, -0.2) is 0 Å². The summed E-state index contributed by atoms with van der Waals surface area (Å²) in [6, 6.07) is 17.7. The molecule has 1 aromatic heterocycles. The number of hydrogen-bond acceptors (Lipinski definition) is 5. The summed E-state index contributed by atoms with van der Waals surface area (Å²) in [6.45, 7) is 3.81. The van der Waals surface area contributed by atoms with Crippen LogP contribution >= 0.6 is 0 Å². The fourth-order valence-electron chi connectivity index (χ4n) is 3.91. The second-order valence-electron chi connectivity index (χ2n) is 8.36. The van der Waals surface area contributed by atoms with Crippen LogP contribution in [0.1, 0.15) is 57.9 Å². The van der Waals surface area contributed by atoms with Gasteiger partial charge in [0.25, 0.3) is 5.91 Å². The Morgan fingerprint density at radius 3 is 2.33 bits per heavy atom. The van der Waals surface area contributed by atoms with E-state index in [0.717, 1.165) is 16.7 Å². The van der Waals surface area contributed by atoms with Gasteiger partial charge in [0, 0.05) is 37.3 Å². The number of carbonyl (C=O) groups excluding carboxylic acids is 1. The first-order valence-electron chi connectivity index (χ1n) is 10.9. The minimum absolute atomic E-state index is 0.138. The number of pyridine rings is 1. The fraction of sp³-hybridized carbons (Fsp3) is 0.308. The molecule has 3 atom stereocenters. The number of nitrogens with one attached hydrogen (secondary N) is 1. The topological polar surface area (TPSA) is 101 Å². The number of nitrogens with zero attached hydrogens (tertiary/aromatic N) is 2. The Labute approximate surface area is 193 Å². The Bertz CT molecular complexity index is 1170. The van der Waals surface area contributed by atoms with Gasteiger partial charge in [-0.3, -0.25) is 9.59 Å². The van der Waals surface area contributed by atoms with Gasteiger partial charge in [0.15, 0.2) is 0 Å². The maximum absolute atomic E-state index is 12.3. The van der Waals surface area contributed by atoms with Gasteiger partial charge >= 0.3 is 0 Å². The molecule has 7 nitrogen and oxygen atoms in total. The molecule has 2 unspecified atom stereocenters. The van der Waals surface area contributed by atoms with Crippen molar-refractivity contribution >= 4 is 5.91 Å². The molecular formula is C26H29N3O4. The van der Waals surface area contributed by atoms with E-state index in [1.54, 1.807) is 38.4 Å². The molecule has 0 saturated carbocycles. The molecule has 1 heterocycles. The monoisotopic (exact) mass is 447 g/mol. The first kappa shape index (κ1) is 24.1. The van der Waals surface area contributed by atoms with E-state index in [0.29, 0.717) is 17.5 Å². The normalized spacial score (nSPS) is 13.7. The zero-order valence-corrected chi connectivity index (χ0v) is 19.1. The summed E-state index contributed by atoms with van der Waals surface area (Å²) in [5.41, 5.74) is 4.14. The molecule has 3 aromatic rings. The average Bonchev–Trinajstić information content (AvgIpc) is 2.81. The van der Waals surface area contributed by atoms with Gasteiger partial charge in [-0.15, -0.1) is 0 Å². The van der Waals surface area contributed by atoms with Crippen molar-refractivity contribution in [1.29, 1.82) is 0 Å². The SMILES string of the molecule is Cc1ccccc1C(CC(N=O)c1ccc(=O)n(C)c1)c1ccc(C(=O)NC[C@@H](C)O)cc1. The zero-order valence-electron chi connectivity index (χ0n) is 19.1. The van der Waals surface area contributed by atoms with Crippen molar-refractivity contribution < 1.29 is 9.90 Å². The van der Waals surface area contributed by atoms with E-state index in [-0.39, 0.29) is 23.9 Å². The third-order valence-electron chi connectivity index (χ3n) is 5.78. The molecule has 2 N–H and O–H groups in total. The number of hydrogen-bond donors (Lipinski definition) is 2. The number of rotatable bonds is 9. The Hall–Kier alpha value is -3.58. The van der Waals surface area contributed by atoms with Crippen molar-refractivity contribution in [2.75, 3.05) is 6.54 Å². The minimum atomic E-state index is -0.643. The summed E-state index contributed by atoms with van der Waals surface area (Å²) in [4.78, 5) is 35.9. The molecule has 0 spiro atoms. The molecule has 0 radical (unpaired) electrons. The van der Waals surface area contributed by atoms with Crippen LogP contribution < -0.4 is 10.9 Å². The number of nitroso groups, excluding NO2 is 1. The number of aliphatic hydroxyl groups is 1. The third-order valence-corrected chi connectivity index (χ3v) is 5.78. The Morgan fingerprint density at radius 1 is 1.06 bits per heavy atom. The molecule has 2 aromatic carbocycles. The van der Waals surface area contributed by atoms with Crippen LogP contribution in [0.4, 0.5) is 0 Å². The lowest BCUT2D eigenvalue weighted by Gasteiger charge is -2.23. The van der Waals surface area contributed by atoms with E-state index < -0.39 is 12.1 Å². The van der Waals surface area contributed by atoms with Crippen LogP contribution in [0.15, 0.2) is 76.8 Å². The second kappa shape index (κ2) is 10.8. The van der Waals surface area contributed by atoms with Crippen LogP contribution in [0.25, 0.3) is 0 Å². The molecule has 0 bridgehead atoms. The van der Waals surface area contributed by atoms with E-state index in [1.807, 2.05) is 43.3 Å². The maximum atomic E-state index is 12.3. The molecule has 1 amide bonds. The standard InChI is InChI=1S/C26H29N3O4/c1-17-6-4-5-7-22(17)23(14-24(28-33)21-12-13-25(31)29(3)16-21)19-8-10-20(11-9-19)26(32)27-15-18(2)30/h4-13,16,18,23-24,30H,14-15H2,1-3H3,(H,27,32)/t18-,23?,24?/m1/s1. The summed E-state index contributed by atoms with van der Waals surface area (Å²) in [5, 5.41) is 15.5. The molecule has 0 aliphatic heterocycles. The van der Waals surface area contributed by atoms with Crippen molar-refractivity contribution in [1.82, 2.24) is 9.88 Å². The van der Waals surface area contributed by atoms with E-state index in [1.165, 1.54) is 10.6 Å². The lowest BCUT2D eigenvalue weighted by Crippen LogP contribution is -2.30. The predicted molar refractivity (Wildman–Crippen MR) is 128 cm³/mol. The number of aliphatic hydroxyl groups excluding tert-OH is 1. The number of carbonyl (C=O) groups is 1.